The van der Waals surface area contributed by atoms with Crippen molar-refractivity contribution in [2.45, 2.75) is 26.4 Å². The largest absolute Gasteiger partial charge is 0.486 e. The van der Waals surface area contributed by atoms with Crippen LogP contribution >= 0.6 is 0 Å². The summed E-state index contributed by atoms with van der Waals surface area (Å²) in [6.45, 7) is 10.6. The molecule has 2 aromatic carbocycles. The van der Waals surface area contributed by atoms with Crippen molar-refractivity contribution in [3.8, 4) is 11.5 Å². The predicted molar refractivity (Wildman–Crippen MR) is 117 cm³/mol. The summed E-state index contributed by atoms with van der Waals surface area (Å²) in [5.74, 6) is 1.47. The third-order valence-electron chi connectivity index (χ3n) is 5.80. The molecular weight excluding hydrogens is 378 g/mol. The van der Waals surface area contributed by atoms with Crippen molar-refractivity contribution in [3.05, 3.63) is 59.2 Å². The summed E-state index contributed by atoms with van der Waals surface area (Å²) >= 11 is 0. The van der Waals surface area contributed by atoms with Gasteiger partial charge in [-0.15, -0.1) is 0 Å². The van der Waals surface area contributed by atoms with E-state index in [2.05, 4.69) is 46.3 Å². The molecule has 6 nitrogen and oxygen atoms in total. The molecule has 1 N–H and O–H groups in total. The third kappa shape index (κ3) is 5.52. The second-order valence-electron chi connectivity index (χ2n) is 7.96. The summed E-state index contributed by atoms with van der Waals surface area (Å²) in [7, 11) is 0. The lowest BCUT2D eigenvalue weighted by molar-refractivity contribution is -0.120. The van der Waals surface area contributed by atoms with Gasteiger partial charge in [0, 0.05) is 39.3 Å². The van der Waals surface area contributed by atoms with Crippen molar-refractivity contribution in [1.29, 1.82) is 0 Å². The van der Waals surface area contributed by atoms with E-state index in [0.717, 1.165) is 61.9 Å². The van der Waals surface area contributed by atoms with Crippen LogP contribution in [0.1, 0.15) is 23.6 Å². The Hall–Kier alpha value is -2.57. The molecule has 2 aromatic rings. The quantitative estimate of drug-likeness (QED) is 0.761. The first kappa shape index (κ1) is 20.7. The highest BCUT2D eigenvalue weighted by Crippen LogP contribution is 2.30. The summed E-state index contributed by atoms with van der Waals surface area (Å²) in [5.41, 5.74) is 3.37. The van der Waals surface area contributed by atoms with E-state index in [1.54, 1.807) is 0 Å². The van der Waals surface area contributed by atoms with Gasteiger partial charge in [0.05, 0.1) is 6.42 Å². The van der Waals surface area contributed by atoms with Crippen molar-refractivity contribution >= 4 is 5.91 Å². The van der Waals surface area contributed by atoms with Gasteiger partial charge in [-0.3, -0.25) is 9.69 Å². The Morgan fingerprint density at radius 2 is 1.50 bits per heavy atom. The van der Waals surface area contributed by atoms with Crippen LogP contribution < -0.4 is 14.8 Å². The van der Waals surface area contributed by atoms with Gasteiger partial charge in [-0.25, -0.2) is 0 Å². The molecular formula is C24H31N3O3. The van der Waals surface area contributed by atoms with Gasteiger partial charge in [-0.1, -0.05) is 37.3 Å². The monoisotopic (exact) mass is 409 g/mol. The molecule has 30 heavy (non-hydrogen) atoms. The van der Waals surface area contributed by atoms with Crippen LogP contribution in [0.4, 0.5) is 0 Å². The molecule has 0 spiro atoms. The molecule has 1 fully saturated rings. The maximum Gasteiger partial charge on any atom is 0.224 e. The lowest BCUT2D eigenvalue weighted by atomic mass is 10.1. The molecule has 0 aliphatic carbocycles. The molecule has 2 heterocycles. The summed E-state index contributed by atoms with van der Waals surface area (Å²) in [4.78, 5) is 17.3. The van der Waals surface area contributed by atoms with Crippen molar-refractivity contribution < 1.29 is 14.3 Å². The number of fused-ring (bicyclic) bond motifs is 1. The van der Waals surface area contributed by atoms with Crippen LogP contribution in [0.25, 0.3) is 0 Å². The van der Waals surface area contributed by atoms with Gasteiger partial charge in [0.15, 0.2) is 11.5 Å². The number of amides is 1. The highest BCUT2D eigenvalue weighted by Gasteiger charge is 2.16. The first-order chi connectivity index (χ1) is 14.7. The molecule has 1 saturated heterocycles. The van der Waals surface area contributed by atoms with E-state index in [4.69, 9.17) is 9.47 Å². The van der Waals surface area contributed by atoms with E-state index in [1.165, 1.54) is 5.56 Å². The second-order valence-corrected chi connectivity index (χ2v) is 7.96. The average molecular weight is 410 g/mol. The first-order valence-corrected chi connectivity index (χ1v) is 10.9. The van der Waals surface area contributed by atoms with Crippen LogP contribution in [0.5, 0.6) is 11.5 Å². The number of carbonyl (C=O) groups excluding carboxylic acids is 1. The number of hydrogen-bond acceptors (Lipinski definition) is 5. The fourth-order valence-corrected chi connectivity index (χ4v) is 3.93. The molecule has 0 unspecified atom stereocenters. The Morgan fingerprint density at radius 1 is 0.867 bits per heavy atom. The molecule has 0 radical (unpaired) electrons. The molecule has 0 atom stereocenters. The van der Waals surface area contributed by atoms with Crippen LogP contribution in [0.15, 0.2) is 42.5 Å². The Balaban J connectivity index is 1.22. The van der Waals surface area contributed by atoms with E-state index >= 15 is 0 Å². The maximum absolute atomic E-state index is 12.3. The molecule has 0 saturated carbocycles. The van der Waals surface area contributed by atoms with E-state index < -0.39 is 0 Å². The SMILES string of the molecule is CCN1CCN(Cc2ccc(CNC(=O)Cc3ccc4c(c3)OCCO4)cc2)CC1. The topological polar surface area (TPSA) is 54.0 Å². The van der Waals surface area contributed by atoms with Gasteiger partial charge < -0.3 is 19.7 Å². The fraction of sp³-hybridized carbons (Fsp3) is 0.458. The van der Waals surface area contributed by atoms with Crippen molar-refractivity contribution in [2.24, 2.45) is 0 Å². The summed E-state index contributed by atoms with van der Waals surface area (Å²) in [6, 6.07) is 14.3. The molecule has 4 rings (SSSR count). The van der Waals surface area contributed by atoms with E-state index in [-0.39, 0.29) is 5.91 Å². The van der Waals surface area contributed by atoms with E-state index in [1.807, 2.05) is 18.2 Å². The Morgan fingerprint density at radius 3 is 2.23 bits per heavy atom. The number of likely N-dealkylation sites (N-methyl/N-ethyl adjacent to an activating group) is 1. The number of nitrogens with one attached hydrogen (secondary N) is 1. The number of benzene rings is 2. The second kappa shape index (κ2) is 9.96. The zero-order valence-corrected chi connectivity index (χ0v) is 17.7. The molecule has 160 valence electrons. The van der Waals surface area contributed by atoms with E-state index in [0.29, 0.717) is 26.2 Å². The fourth-order valence-electron chi connectivity index (χ4n) is 3.93. The Kier molecular flexibility index (Phi) is 6.87. The predicted octanol–water partition coefficient (Wildman–Crippen LogP) is 2.45. The smallest absolute Gasteiger partial charge is 0.224 e. The van der Waals surface area contributed by atoms with Gasteiger partial charge in [0.2, 0.25) is 5.91 Å². The molecule has 2 aliphatic rings. The zero-order valence-electron chi connectivity index (χ0n) is 17.7. The summed E-state index contributed by atoms with van der Waals surface area (Å²) in [5, 5.41) is 3.01. The first-order valence-electron chi connectivity index (χ1n) is 10.9. The van der Waals surface area contributed by atoms with Crippen LogP contribution in [0.2, 0.25) is 0 Å². The molecule has 6 heteroatoms. The van der Waals surface area contributed by atoms with Crippen molar-refractivity contribution in [3.63, 3.8) is 0 Å². The van der Waals surface area contributed by atoms with Gasteiger partial charge in [0.1, 0.15) is 13.2 Å². The number of hydrogen-bond donors (Lipinski definition) is 1. The lowest BCUT2D eigenvalue weighted by Crippen LogP contribution is -2.45. The minimum absolute atomic E-state index is 0.00421. The average Bonchev–Trinajstić information content (AvgIpc) is 2.79. The van der Waals surface area contributed by atoms with Crippen molar-refractivity contribution in [2.75, 3.05) is 45.9 Å². The highest BCUT2D eigenvalue weighted by atomic mass is 16.6. The maximum atomic E-state index is 12.3. The van der Waals surface area contributed by atoms with Gasteiger partial charge in [-0.05, 0) is 35.4 Å². The number of carbonyl (C=O) groups is 1. The number of rotatable bonds is 7. The normalized spacial score (nSPS) is 17.0. The zero-order chi connectivity index (χ0) is 20.8. The number of piperazine rings is 1. The Labute approximate surface area is 178 Å². The number of nitrogens with zero attached hydrogens (tertiary/aromatic N) is 2. The van der Waals surface area contributed by atoms with Crippen LogP contribution in [-0.2, 0) is 24.3 Å². The van der Waals surface area contributed by atoms with Crippen LogP contribution in [-0.4, -0.2) is 61.6 Å². The minimum atomic E-state index is 0.00421. The van der Waals surface area contributed by atoms with Crippen molar-refractivity contribution in [1.82, 2.24) is 15.1 Å². The minimum Gasteiger partial charge on any atom is -0.486 e. The van der Waals surface area contributed by atoms with Gasteiger partial charge in [0.25, 0.3) is 0 Å². The Bertz CT molecular complexity index is 845. The van der Waals surface area contributed by atoms with Crippen LogP contribution in [0.3, 0.4) is 0 Å². The molecule has 2 aliphatic heterocycles. The summed E-state index contributed by atoms with van der Waals surface area (Å²) in [6.07, 6.45) is 0.332. The summed E-state index contributed by atoms with van der Waals surface area (Å²) < 4.78 is 11.1. The van der Waals surface area contributed by atoms with E-state index in [9.17, 15) is 4.79 Å². The standard InChI is InChI=1S/C24H31N3O3/c1-2-26-9-11-27(12-10-26)18-20-5-3-19(4-6-20)17-25-24(28)16-21-7-8-22-23(15-21)30-14-13-29-22/h3-8,15H,2,9-14,16-18H2,1H3,(H,25,28). The van der Waals surface area contributed by atoms with Gasteiger partial charge in [-0.2, -0.15) is 0 Å². The molecule has 0 bridgehead atoms. The molecule has 0 aromatic heterocycles. The third-order valence-corrected chi connectivity index (χ3v) is 5.80. The lowest BCUT2D eigenvalue weighted by Gasteiger charge is -2.34. The highest BCUT2D eigenvalue weighted by molar-refractivity contribution is 5.78. The van der Waals surface area contributed by atoms with Crippen LogP contribution in [0, 0.1) is 0 Å². The number of ether oxygens (including phenoxy) is 2. The van der Waals surface area contributed by atoms with Gasteiger partial charge >= 0.3 is 0 Å². The molecule has 1 amide bonds.